The number of hydrogen-bond acceptors (Lipinski definition) is 5. The summed E-state index contributed by atoms with van der Waals surface area (Å²) in [4.78, 5) is 14.1. The maximum atomic E-state index is 11.6. The lowest BCUT2D eigenvalue weighted by Gasteiger charge is -2.41. The number of ether oxygens (including phenoxy) is 1. The van der Waals surface area contributed by atoms with Crippen molar-refractivity contribution in [3.63, 3.8) is 0 Å². The molecule has 1 atom stereocenters. The fourth-order valence-corrected chi connectivity index (χ4v) is 3.60. The fraction of sp³-hybridized carbons (Fsp3) is 0.933. The molecule has 1 fully saturated rings. The van der Waals surface area contributed by atoms with E-state index in [0.29, 0.717) is 19.1 Å². The number of thioether (sulfide) groups is 1. The van der Waals surface area contributed by atoms with Gasteiger partial charge >= 0.3 is 6.09 Å². The summed E-state index contributed by atoms with van der Waals surface area (Å²) in [7, 11) is 0. The Morgan fingerprint density at radius 2 is 2.14 bits per heavy atom. The van der Waals surface area contributed by atoms with E-state index in [1.807, 2.05) is 32.5 Å². The van der Waals surface area contributed by atoms with Gasteiger partial charge in [0.25, 0.3) is 0 Å². The highest BCUT2D eigenvalue weighted by Crippen LogP contribution is 2.30. The number of carbonyl (C=O) groups excluding carboxylic acids is 1. The highest BCUT2D eigenvalue weighted by molar-refractivity contribution is 8.00. The highest BCUT2D eigenvalue weighted by atomic mass is 32.2. The van der Waals surface area contributed by atoms with Crippen molar-refractivity contribution in [2.24, 2.45) is 5.73 Å². The quantitative estimate of drug-likeness (QED) is 0.812. The molecule has 1 rings (SSSR count). The summed E-state index contributed by atoms with van der Waals surface area (Å²) in [6, 6.07) is 0.320. The van der Waals surface area contributed by atoms with Crippen molar-refractivity contribution in [1.82, 2.24) is 10.2 Å². The van der Waals surface area contributed by atoms with E-state index >= 15 is 0 Å². The van der Waals surface area contributed by atoms with Gasteiger partial charge in [-0.05, 0) is 41.0 Å². The van der Waals surface area contributed by atoms with Crippen molar-refractivity contribution < 1.29 is 9.53 Å². The molecule has 1 saturated heterocycles. The van der Waals surface area contributed by atoms with Gasteiger partial charge in [-0.3, -0.25) is 4.90 Å². The van der Waals surface area contributed by atoms with Crippen LogP contribution in [0.2, 0.25) is 0 Å². The molecule has 1 amide bonds. The standard InChI is InChI=1S/C15H31N3O2S/c1-14(2,3)20-13(19)17-7-6-12(10-16)18-8-9-21-15(4,5)11-18/h12H,6-11,16H2,1-5H3,(H,17,19). The first-order valence-electron chi connectivity index (χ1n) is 7.68. The van der Waals surface area contributed by atoms with Gasteiger partial charge in [-0.25, -0.2) is 4.79 Å². The van der Waals surface area contributed by atoms with Gasteiger partial charge in [0.05, 0.1) is 0 Å². The maximum absolute atomic E-state index is 11.6. The molecule has 0 aromatic heterocycles. The number of nitrogens with zero attached hydrogens (tertiary/aromatic N) is 1. The maximum Gasteiger partial charge on any atom is 0.407 e. The summed E-state index contributed by atoms with van der Waals surface area (Å²) in [5.74, 6) is 1.14. The Balaban J connectivity index is 2.36. The Hall–Kier alpha value is -0.460. The van der Waals surface area contributed by atoms with Gasteiger partial charge in [0.2, 0.25) is 0 Å². The normalized spacial score (nSPS) is 20.9. The lowest BCUT2D eigenvalue weighted by Crippen LogP contribution is -2.51. The second-order valence-corrected chi connectivity index (χ2v) is 8.99. The van der Waals surface area contributed by atoms with Gasteiger partial charge in [-0.1, -0.05) is 0 Å². The van der Waals surface area contributed by atoms with Crippen molar-refractivity contribution in [2.45, 2.75) is 57.4 Å². The number of hydrogen-bond donors (Lipinski definition) is 2. The third kappa shape index (κ3) is 7.38. The molecule has 0 saturated carbocycles. The van der Waals surface area contributed by atoms with Crippen LogP contribution in [0.1, 0.15) is 41.0 Å². The van der Waals surface area contributed by atoms with E-state index in [4.69, 9.17) is 10.5 Å². The predicted octanol–water partition coefficient (Wildman–Crippen LogP) is 2.06. The smallest absolute Gasteiger partial charge is 0.407 e. The third-order valence-corrected chi connectivity index (χ3v) is 4.69. The van der Waals surface area contributed by atoms with Crippen LogP contribution >= 0.6 is 11.8 Å². The minimum atomic E-state index is -0.453. The summed E-state index contributed by atoms with van der Waals surface area (Å²) >= 11 is 2.01. The summed E-state index contributed by atoms with van der Waals surface area (Å²) in [5, 5.41) is 2.82. The van der Waals surface area contributed by atoms with Crippen molar-refractivity contribution in [2.75, 3.05) is 31.9 Å². The van der Waals surface area contributed by atoms with Crippen LogP contribution in [-0.4, -0.2) is 59.3 Å². The molecule has 1 heterocycles. The number of amides is 1. The summed E-state index contributed by atoms with van der Waals surface area (Å²) in [6.07, 6.45) is 0.504. The van der Waals surface area contributed by atoms with Crippen LogP contribution in [0.4, 0.5) is 4.79 Å². The zero-order valence-electron chi connectivity index (χ0n) is 14.1. The van der Waals surface area contributed by atoms with Crippen LogP contribution < -0.4 is 11.1 Å². The Labute approximate surface area is 133 Å². The lowest BCUT2D eigenvalue weighted by molar-refractivity contribution is 0.0521. The first-order valence-corrected chi connectivity index (χ1v) is 8.66. The molecule has 0 aliphatic carbocycles. The van der Waals surface area contributed by atoms with Crippen LogP contribution in [0, 0.1) is 0 Å². The molecule has 6 heteroatoms. The van der Waals surface area contributed by atoms with E-state index in [-0.39, 0.29) is 10.8 Å². The number of alkyl carbamates (subject to hydrolysis) is 1. The molecule has 0 bridgehead atoms. The molecular formula is C15H31N3O2S. The first-order chi connectivity index (χ1) is 9.63. The summed E-state index contributed by atoms with van der Waals surface area (Å²) in [5.41, 5.74) is 5.47. The second kappa shape index (κ2) is 7.70. The zero-order chi connectivity index (χ0) is 16.1. The van der Waals surface area contributed by atoms with Crippen molar-refractivity contribution >= 4 is 17.9 Å². The van der Waals surface area contributed by atoms with E-state index in [9.17, 15) is 4.79 Å². The molecular weight excluding hydrogens is 286 g/mol. The molecule has 3 N–H and O–H groups in total. The molecule has 0 aromatic rings. The number of carbonyl (C=O) groups is 1. The molecule has 1 aliphatic rings. The van der Waals surface area contributed by atoms with E-state index < -0.39 is 5.60 Å². The van der Waals surface area contributed by atoms with Crippen molar-refractivity contribution in [3.05, 3.63) is 0 Å². The average molecular weight is 317 g/mol. The Kier molecular flexibility index (Phi) is 6.81. The lowest BCUT2D eigenvalue weighted by atomic mass is 10.1. The molecule has 0 radical (unpaired) electrons. The highest BCUT2D eigenvalue weighted by Gasteiger charge is 2.30. The van der Waals surface area contributed by atoms with Gasteiger partial charge in [-0.15, -0.1) is 0 Å². The molecule has 21 heavy (non-hydrogen) atoms. The third-order valence-electron chi connectivity index (χ3n) is 3.39. The molecule has 0 spiro atoms. The van der Waals surface area contributed by atoms with E-state index in [1.54, 1.807) is 0 Å². The molecule has 5 nitrogen and oxygen atoms in total. The minimum Gasteiger partial charge on any atom is -0.444 e. The molecule has 0 aromatic carbocycles. The first kappa shape index (κ1) is 18.6. The van der Waals surface area contributed by atoms with E-state index in [0.717, 1.165) is 25.3 Å². The van der Waals surface area contributed by atoms with E-state index in [2.05, 4.69) is 24.1 Å². The molecule has 124 valence electrons. The van der Waals surface area contributed by atoms with Crippen LogP contribution in [0.15, 0.2) is 0 Å². The Morgan fingerprint density at radius 3 is 2.67 bits per heavy atom. The summed E-state index contributed by atoms with van der Waals surface area (Å²) in [6.45, 7) is 13.5. The van der Waals surface area contributed by atoms with Gasteiger partial charge in [-0.2, -0.15) is 11.8 Å². The summed E-state index contributed by atoms with van der Waals surface area (Å²) < 4.78 is 5.52. The average Bonchev–Trinajstić information content (AvgIpc) is 2.31. The zero-order valence-corrected chi connectivity index (χ0v) is 14.9. The van der Waals surface area contributed by atoms with Gasteiger partial charge in [0.15, 0.2) is 0 Å². The number of nitrogens with two attached hydrogens (primary N) is 1. The monoisotopic (exact) mass is 317 g/mol. The van der Waals surface area contributed by atoms with Gasteiger partial charge < -0.3 is 15.8 Å². The minimum absolute atomic E-state index is 0.282. The van der Waals surface area contributed by atoms with Crippen LogP contribution in [0.25, 0.3) is 0 Å². The van der Waals surface area contributed by atoms with E-state index in [1.165, 1.54) is 0 Å². The Morgan fingerprint density at radius 1 is 1.48 bits per heavy atom. The number of nitrogens with one attached hydrogen (secondary N) is 1. The topological polar surface area (TPSA) is 67.6 Å². The van der Waals surface area contributed by atoms with Crippen molar-refractivity contribution in [3.8, 4) is 0 Å². The fourth-order valence-electron chi connectivity index (χ4n) is 2.47. The molecule has 1 aliphatic heterocycles. The van der Waals surface area contributed by atoms with Crippen LogP contribution in [-0.2, 0) is 4.74 Å². The van der Waals surface area contributed by atoms with Crippen LogP contribution in [0.5, 0.6) is 0 Å². The largest absolute Gasteiger partial charge is 0.444 e. The molecule has 1 unspecified atom stereocenters. The second-order valence-electron chi connectivity index (χ2n) is 7.19. The predicted molar refractivity (Wildman–Crippen MR) is 89.8 cm³/mol. The SMILES string of the molecule is CC(C)(C)OC(=O)NCCC(CN)N1CCSC(C)(C)C1. The van der Waals surface area contributed by atoms with Crippen LogP contribution in [0.3, 0.4) is 0 Å². The van der Waals surface area contributed by atoms with Gasteiger partial charge in [0.1, 0.15) is 5.60 Å². The Bertz CT molecular complexity index is 342. The van der Waals surface area contributed by atoms with Crippen molar-refractivity contribution in [1.29, 1.82) is 0 Å². The van der Waals surface area contributed by atoms with Gasteiger partial charge in [0, 0.05) is 42.7 Å². The number of rotatable bonds is 5.